The molecule has 0 aliphatic rings. The van der Waals surface area contributed by atoms with Crippen molar-refractivity contribution in [3.05, 3.63) is 84.1 Å². The predicted molar refractivity (Wildman–Crippen MR) is 92.9 cm³/mol. The van der Waals surface area contributed by atoms with E-state index in [4.69, 9.17) is 0 Å². The van der Waals surface area contributed by atoms with Gasteiger partial charge in [-0.25, -0.2) is 0 Å². The first-order valence-electron chi connectivity index (χ1n) is 7.51. The molecule has 1 nitrogen and oxygen atoms in total. The molecule has 2 aromatic rings. The molecular formula is C20H23N. The number of rotatable bonds is 5. The van der Waals surface area contributed by atoms with Crippen LogP contribution in [0.5, 0.6) is 0 Å². The van der Waals surface area contributed by atoms with Crippen molar-refractivity contribution in [2.75, 3.05) is 4.90 Å². The lowest BCUT2D eigenvalue weighted by atomic mass is 10.1. The maximum atomic E-state index is 2.28. The zero-order chi connectivity index (χ0) is 15.1. The number of aryl methyl sites for hydroxylation is 1. The molecule has 0 fully saturated rings. The first-order valence-corrected chi connectivity index (χ1v) is 7.51. The summed E-state index contributed by atoms with van der Waals surface area (Å²) in [6, 6.07) is 19.1. The smallest absolute Gasteiger partial charge is 0.0461 e. The molecule has 0 spiro atoms. The summed E-state index contributed by atoms with van der Waals surface area (Å²) in [6.45, 7) is 6.35. The van der Waals surface area contributed by atoms with E-state index in [1.807, 2.05) is 6.07 Å². The van der Waals surface area contributed by atoms with Crippen LogP contribution in [0, 0.1) is 6.92 Å². The lowest BCUT2D eigenvalue weighted by Gasteiger charge is -2.26. The van der Waals surface area contributed by atoms with Gasteiger partial charge in [0, 0.05) is 17.1 Å². The fourth-order valence-electron chi connectivity index (χ4n) is 2.26. The molecule has 0 amide bonds. The van der Waals surface area contributed by atoms with Crippen LogP contribution in [0.2, 0.25) is 0 Å². The van der Waals surface area contributed by atoms with Gasteiger partial charge in [0.2, 0.25) is 0 Å². The minimum atomic E-state index is 1.04. The highest BCUT2D eigenvalue weighted by molar-refractivity contribution is 5.70. The van der Waals surface area contributed by atoms with Crippen molar-refractivity contribution >= 4 is 11.4 Å². The lowest BCUT2D eigenvalue weighted by Crippen LogP contribution is -2.14. The summed E-state index contributed by atoms with van der Waals surface area (Å²) in [7, 11) is 0. The topological polar surface area (TPSA) is 3.24 Å². The van der Waals surface area contributed by atoms with Crippen LogP contribution in [-0.2, 0) is 0 Å². The minimum Gasteiger partial charge on any atom is -0.311 e. The van der Waals surface area contributed by atoms with E-state index < -0.39 is 0 Å². The van der Waals surface area contributed by atoms with Crippen LogP contribution < -0.4 is 4.90 Å². The fourth-order valence-corrected chi connectivity index (χ4v) is 2.26. The van der Waals surface area contributed by atoms with E-state index in [1.54, 1.807) is 0 Å². The number of nitrogens with zero attached hydrogens (tertiary/aromatic N) is 1. The normalized spacial score (nSPS) is 11.9. The largest absolute Gasteiger partial charge is 0.311 e. The van der Waals surface area contributed by atoms with Gasteiger partial charge in [-0.3, -0.25) is 0 Å². The van der Waals surface area contributed by atoms with Crippen LogP contribution in [-0.4, -0.2) is 0 Å². The predicted octanol–water partition coefficient (Wildman–Crippen LogP) is 6.00. The molecule has 0 aliphatic heterocycles. The molecule has 0 saturated heterocycles. The van der Waals surface area contributed by atoms with Crippen molar-refractivity contribution in [2.45, 2.75) is 27.2 Å². The van der Waals surface area contributed by atoms with Crippen molar-refractivity contribution in [3.8, 4) is 0 Å². The van der Waals surface area contributed by atoms with E-state index in [-0.39, 0.29) is 0 Å². The lowest BCUT2D eigenvalue weighted by molar-refractivity contribution is 1.17. The van der Waals surface area contributed by atoms with Crippen molar-refractivity contribution in [1.82, 2.24) is 0 Å². The highest BCUT2D eigenvalue weighted by atomic mass is 15.1. The van der Waals surface area contributed by atoms with Crippen LogP contribution in [0.3, 0.4) is 0 Å². The van der Waals surface area contributed by atoms with Crippen molar-refractivity contribution in [2.24, 2.45) is 0 Å². The molecule has 0 N–H and O–H groups in total. The number of benzene rings is 2. The second-order valence-corrected chi connectivity index (χ2v) is 5.03. The zero-order valence-corrected chi connectivity index (χ0v) is 13.1. The third kappa shape index (κ3) is 3.85. The Balaban J connectivity index is 2.49. The summed E-state index contributed by atoms with van der Waals surface area (Å²) in [5, 5.41) is 0. The summed E-state index contributed by atoms with van der Waals surface area (Å²) in [4.78, 5) is 2.28. The third-order valence-electron chi connectivity index (χ3n) is 3.38. The third-order valence-corrected chi connectivity index (χ3v) is 3.38. The van der Waals surface area contributed by atoms with Gasteiger partial charge in [0.1, 0.15) is 0 Å². The Hall–Kier alpha value is -2.28. The fraction of sp³-hybridized carbons (Fsp3) is 0.200. The van der Waals surface area contributed by atoms with Gasteiger partial charge < -0.3 is 4.90 Å². The van der Waals surface area contributed by atoms with Gasteiger partial charge >= 0.3 is 0 Å². The molecule has 0 unspecified atom stereocenters. The summed E-state index contributed by atoms with van der Waals surface area (Å²) >= 11 is 0. The maximum absolute atomic E-state index is 2.28. The van der Waals surface area contributed by atoms with Gasteiger partial charge in [0.25, 0.3) is 0 Å². The number of hydrogen-bond donors (Lipinski definition) is 0. The van der Waals surface area contributed by atoms with Crippen molar-refractivity contribution in [1.29, 1.82) is 0 Å². The molecule has 0 bridgehead atoms. The molecule has 0 saturated carbocycles. The van der Waals surface area contributed by atoms with Gasteiger partial charge in [0.15, 0.2) is 0 Å². The molecular weight excluding hydrogens is 254 g/mol. The van der Waals surface area contributed by atoms with Crippen LogP contribution in [0.25, 0.3) is 0 Å². The van der Waals surface area contributed by atoms with Crippen LogP contribution in [0.1, 0.15) is 25.8 Å². The first-order chi connectivity index (χ1) is 10.3. The molecule has 108 valence electrons. The van der Waals surface area contributed by atoms with E-state index in [2.05, 4.69) is 92.4 Å². The van der Waals surface area contributed by atoms with Gasteiger partial charge in [-0.1, -0.05) is 55.0 Å². The molecule has 0 atom stereocenters. The standard InChI is InChI=1S/C20H23N/c1-4-6-10-18(5-2)21(19-11-8-7-9-12-19)20-15-13-17(3)14-16-20/h5-16H,4H2,1-3H3/b10-6-,18-5+. The van der Waals surface area contributed by atoms with Crippen molar-refractivity contribution in [3.63, 3.8) is 0 Å². The zero-order valence-electron chi connectivity index (χ0n) is 13.1. The van der Waals surface area contributed by atoms with Crippen LogP contribution in [0.4, 0.5) is 11.4 Å². The van der Waals surface area contributed by atoms with E-state index in [1.165, 1.54) is 22.6 Å². The van der Waals surface area contributed by atoms with E-state index in [0.29, 0.717) is 0 Å². The molecule has 0 heterocycles. The average molecular weight is 277 g/mol. The maximum Gasteiger partial charge on any atom is 0.0461 e. The molecule has 0 aliphatic carbocycles. The van der Waals surface area contributed by atoms with Gasteiger partial charge in [0.05, 0.1) is 0 Å². The molecule has 2 aromatic carbocycles. The second-order valence-electron chi connectivity index (χ2n) is 5.03. The molecule has 21 heavy (non-hydrogen) atoms. The Kier molecular flexibility index (Phi) is 5.39. The molecule has 1 heteroatoms. The number of para-hydroxylation sites is 1. The number of allylic oxidation sites excluding steroid dienone is 3. The SMILES string of the molecule is C/C=C(\C=C/CC)N(c1ccccc1)c1ccc(C)cc1. The van der Waals surface area contributed by atoms with Gasteiger partial charge in [-0.05, 0) is 50.6 Å². The summed E-state index contributed by atoms with van der Waals surface area (Å²) in [6.07, 6.45) is 7.57. The minimum absolute atomic E-state index is 1.04. The Morgan fingerprint density at radius 1 is 0.952 bits per heavy atom. The van der Waals surface area contributed by atoms with Crippen LogP contribution in [0.15, 0.2) is 78.5 Å². The molecule has 0 aromatic heterocycles. The number of anilines is 2. The Labute approximate surface area is 128 Å². The summed E-state index contributed by atoms with van der Waals surface area (Å²) in [5.41, 5.74) is 4.82. The van der Waals surface area contributed by atoms with E-state index in [0.717, 1.165) is 6.42 Å². The Morgan fingerprint density at radius 2 is 1.57 bits per heavy atom. The average Bonchev–Trinajstić information content (AvgIpc) is 2.53. The van der Waals surface area contributed by atoms with E-state index >= 15 is 0 Å². The highest BCUT2D eigenvalue weighted by Gasteiger charge is 2.11. The summed E-state index contributed by atoms with van der Waals surface area (Å²) < 4.78 is 0. The van der Waals surface area contributed by atoms with E-state index in [9.17, 15) is 0 Å². The molecule has 0 radical (unpaired) electrons. The quantitative estimate of drug-likeness (QED) is 0.605. The first kappa shape index (κ1) is 15.1. The monoisotopic (exact) mass is 277 g/mol. The number of hydrogen-bond acceptors (Lipinski definition) is 1. The summed E-state index contributed by atoms with van der Waals surface area (Å²) in [5.74, 6) is 0. The second kappa shape index (κ2) is 7.49. The highest BCUT2D eigenvalue weighted by Crippen LogP contribution is 2.30. The van der Waals surface area contributed by atoms with Gasteiger partial charge in [-0.2, -0.15) is 0 Å². The van der Waals surface area contributed by atoms with Gasteiger partial charge in [-0.15, -0.1) is 0 Å². The Morgan fingerprint density at radius 3 is 2.14 bits per heavy atom. The molecule has 2 rings (SSSR count). The van der Waals surface area contributed by atoms with Crippen LogP contribution >= 0.6 is 0 Å². The Bertz CT molecular complexity index is 606. The van der Waals surface area contributed by atoms with Crippen molar-refractivity contribution < 1.29 is 0 Å².